The molecule has 0 bridgehead atoms. The number of benzene rings is 1. The van der Waals surface area contributed by atoms with Gasteiger partial charge in [0.25, 0.3) is 0 Å². The van der Waals surface area contributed by atoms with E-state index in [4.69, 9.17) is 23.2 Å². The summed E-state index contributed by atoms with van der Waals surface area (Å²) in [4.78, 5) is 0. The number of nitrogens with one attached hydrogen (secondary N) is 1. The summed E-state index contributed by atoms with van der Waals surface area (Å²) in [6.07, 6.45) is 2.49. The third-order valence-electron chi connectivity index (χ3n) is 2.45. The molecule has 16 heavy (non-hydrogen) atoms. The van der Waals surface area contributed by atoms with Gasteiger partial charge in [-0.2, -0.15) is 0 Å². The van der Waals surface area contributed by atoms with E-state index in [-0.39, 0.29) is 0 Å². The molecular formula is C13H19Cl2N. The van der Waals surface area contributed by atoms with Crippen molar-refractivity contribution in [1.82, 2.24) is 5.32 Å². The van der Waals surface area contributed by atoms with Crippen LogP contribution in [0.1, 0.15) is 32.3 Å². The highest BCUT2D eigenvalue weighted by atomic mass is 35.5. The Morgan fingerprint density at radius 1 is 1.19 bits per heavy atom. The van der Waals surface area contributed by atoms with Crippen molar-refractivity contribution in [2.45, 2.75) is 33.2 Å². The Bertz CT molecular complexity index is 324. The topological polar surface area (TPSA) is 12.0 Å². The van der Waals surface area contributed by atoms with Gasteiger partial charge in [-0.25, -0.2) is 0 Å². The summed E-state index contributed by atoms with van der Waals surface area (Å²) in [5.41, 5.74) is 1.18. The normalized spacial score (nSPS) is 11.1. The van der Waals surface area contributed by atoms with E-state index in [9.17, 15) is 0 Å². The predicted molar refractivity (Wildman–Crippen MR) is 72.2 cm³/mol. The molecule has 1 nitrogen and oxygen atoms in total. The molecule has 0 amide bonds. The van der Waals surface area contributed by atoms with E-state index in [1.807, 2.05) is 18.2 Å². The smallest absolute Gasteiger partial charge is 0.0595 e. The Morgan fingerprint density at radius 2 is 1.94 bits per heavy atom. The number of hydrogen-bond acceptors (Lipinski definition) is 1. The molecule has 0 aromatic heterocycles. The van der Waals surface area contributed by atoms with Gasteiger partial charge in [0.15, 0.2) is 0 Å². The van der Waals surface area contributed by atoms with Gasteiger partial charge in [0.05, 0.1) is 10.0 Å². The highest BCUT2D eigenvalue weighted by Gasteiger charge is 1.99. The van der Waals surface area contributed by atoms with Crippen LogP contribution in [0.25, 0.3) is 0 Å². The first kappa shape index (κ1) is 13.8. The third-order valence-corrected chi connectivity index (χ3v) is 3.19. The average Bonchev–Trinajstić information content (AvgIpc) is 2.22. The van der Waals surface area contributed by atoms with E-state index < -0.39 is 0 Å². The first-order valence-corrected chi connectivity index (χ1v) is 6.50. The lowest BCUT2D eigenvalue weighted by atomic mass is 10.1. The van der Waals surface area contributed by atoms with E-state index in [1.165, 1.54) is 18.4 Å². The molecule has 0 spiro atoms. The van der Waals surface area contributed by atoms with Crippen molar-refractivity contribution in [1.29, 1.82) is 0 Å². The largest absolute Gasteiger partial charge is 0.313 e. The summed E-state index contributed by atoms with van der Waals surface area (Å²) < 4.78 is 0. The monoisotopic (exact) mass is 259 g/mol. The quantitative estimate of drug-likeness (QED) is 0.741. The van der Waals surface area contributed by atoms with Crippen LogP contribution in [0.3, 0.4) is 0 Å². The molecule has 1 aromatic rings. The minimum absolute atomic E-state index is 0.616. The van der Waals surface area contributed by atoms with Crippen molar-refractivity contribution < 1.29 is 0 Å². The van der Waals surface area contributed by atoms with E-state index in [2.05, 4.69) is 19.2 Å². The molecule has 1 aromatic carbocycles. The molecule has 0 heterocycles. The molecule has 0 saturated heterocycles. The number of hydrogen-bond donors (Lipinski definition) is 1. The maximum Gasteiger partial charge on any atom is 0.0595 e. The molecular weight excluding hydrogens is 241 g/mol. The third kappa shape index (κ3) is 5.20. The zero-order valence-corrected chi connectivity index (χ0v) is 11.4. The maximum atomic E-state index is 5.94. The van der Waals surface area contributed by atoms with E-state index in [1.54, 1.807) is 0 Å². The van der Waals surface area contributed by atoms with Crippen LogP contribution in [-0.4, -0.2) is 6.54 Å². The minimum atomic E-state index is 0.616. The second kappa shape index (κ2) is 7.16. The molecule has 1 N–H and O–H groups in total. The Morgan fingerprint density at radius 3 is 2.56 bits per heavy atom. The first-order valence-electron chi connectivity index (χ1n) is 5.74. The highest BCUT2D eigenvalue weighted by Crippen LogP contribution is 2.22. The van der Waals surface area contributed by atoms with Gasteiger partial charge in [0.2, 0.25) is 0 Å². The van der Waals surface area contributed by atoms with Crippen LogP contribution >= 0.6 is 23.2 Å². The Hall–Kier alpha value is -0.240. The first-order chi connectivity index (χ1) is 7.59. The summed E-state index contributed by atoms with van der Waals surface area (Å²) in [5, 5.41) is 4.65. The van der Waals surface area contributed by atoms with Gasteiger partial charge in [-0.05, 0) is 43.0 Å². The fourth-order valence-electron chi connectivity index (χ4n) is 1.52. The van der Waals surface area contributed by atoms with Crippen molar-refractivity contribution in [2.75, 3.05) is 6.54 Å². The van der Waals surface area contributed by atoms with Gasteiger partial charge < -0.3 is 5.32 Å². The molecule has 0 fully saturated rings. The summed E-state index contributed by atoms with van der Waals surface area (Å²) in [7, 11) is 0. The second-order valence-corrected chi connectivity index (χ2v) is 5.28. The predicted octanol–water partition coefficient (Wildman–Crippen LogP) is 4.52. The molecule has 0 aliphatic rings. The minimum Gasteiger partial charge on any atom is -0.313 e. The van der Waals surface area contributed by atoms with Crippen LogP contribution in [0.2, 0.25) is 10.0 Å². The zero-order chi connectivity index (χ0) is 12.0. The van der Waals surface area contributed by atoms with Crippen LogP contribution in [0, 0.1) is 5.92 Å². The van der Waals surface area contributed by atoms with E-state index in [0.717, 1.165) is 19.0 Å². The lowest BCUT2D eigenvalue weighted by Gasteiger charge is -2.07. The molecule has 1 rings (SSSR count). The van der Waals surface area contributed by atoms with E-state index in [0.29, 0.717) is 10.0 Å². The van der Waals surface area contributed by atoms with Gasteiger partial charge in [0.1, 0.15) is 0 Å². The van der Waals surface area contributed by atoms with Crippen molar-refractivity contribution in [3.8, 4) is 0 Å². The van der Waals surface area contributed by atoms with Crippen molar-refractivity contribution >= 4 is 23.2 Å². The summed E-state index contributed by atoms with van der Waals surface area (Å²) in [5.74, 6) is 0.784. The van der Waals surface area contributed by atoms with Gasteiger partial charge in [0, 0.05) is 6.54 Å². The van der Waals surface area contributed by atoms with Gasteiger partial charge >= 0.3 is 0 Å². The van der Waals surface area contributed by atoms with Crippen molar-refractivity contribution in [3.63, 3.8) is 0 Å². The summed E-state index contributed by atoms with van der Waals surface area (Å²) in [6.45, 7) is 6.41. The van der Waals surface area contributed by atoms with Gasteiger partial charge in [-0.1, -0.05) is 43.1 Å². The van der Waals surface area contributed by atoms with Gasteiger partial charge in [-0.3, -0.25) is 0 Å². The summed E-state index contributed by atoms with van der Waals surface area (Å²) in [6, 6.07) is 5.76. The molecule has 0 saturated carbocycles. The highest BCUT2D eigenvalue weighted by molar-refractivity contribution is 6.42. The number of rotatable bonds is 6. The fraction of sp³-hybridized carbons (Fsp3) is 0.538. The molecule has 0 aliphatic heterocycles. The second-order valence-electron chi connectivity index (χ2n) is 4.46. The summed E-state index contributed by atoms with van der Waals surface area (Å²) >= 11 is 11.8. The van der Waals surface area contributed by atoms with Crippen LogP contribution in [0.5, 0.6) is 0 Å². The van der Waals surface area contributed by atoms with Crippen molar-refractivity contribution in [2.24, 2.45) is 5.92 Å². The Kier molecular flexibility index (Phi) is 6.18. The van der Waals surface area contributed by atoms with Crippen LogP contribution < -0.4 is 5.32 Å². The van der Waals surface area contributed by atoms with E-state index >= 15 is 0 Å². The standard InChI is InChI=1S/C13H19Cl2N/c1-10(2)4-3-7-16-9-11-5-6-12(14)13(15)8-11/h5-6,8,10,16H,3-4,7,9H2,1-2H3. The number of halogens is 2. The van der Waals surface area contributed by atoms with Gasteiger partial charge in [-0.15, -0.1) is 0 Å². The van der Waals surface area contributed by atoms with Crippen LogP contribution in [0.15, 0.2) is 18.2 Å². The Labute approximate surface area is 108 Å². The lowest BCUT2D eigenvalue weighted by molar-refractivity contribution is 0.527. The fourth-order valence-corrected chi connectivity index (χ4v) is 1.84. The van der Waals surface area contributed by atoms with Crippen molar-refractivity contribution in [3.05, 3.63) is 33.8 Å². The molecule has 90 valence electrons. The molecule has 0 atom stereocenters. The molecule has 3 heteroatoms. The lowest BCUT2D eigenvalue weighted by Crippen LogP contribution is -2.15. The van der Waals surface area contributed by atoms with Crippen LogP contribution in [0.4, 0.5) is 0 Å². The SMILES string of the molecule is CC(C)CCCNCc1ccc(Cl)c(Cl)c1. The van der Waals surface area contributed by atoms with Crippen LogP contribution in [-0.2, 0) is 6.54 Å². The Balaban J connectivity index is 2.24. The molecule has 0 unspecified atom stereocenters. The zero-order valence-electron chi connectivity index (χ0n) is 9.89. The average molecular weight is 260 g/mol. The maximum absolute atomic E-state index is 5.94. The molecule has 0 aliphatic carbocycles. The molecule has 0 radical (unpaired) electrons.